The van der Waals surface area contributed by atoms with Gasteiger partial charge in [-0.05, 0) is 6.07 Å². The number of hydrogen-bond acceptors (Lipinski definition) is 4. The fraction of sp³-hybridized carbons (Fsp3) is 0.222. The Morgan fingerprint density at radius 3 is 3.00 bits per heavy atom. The zero-order valence-corrected chi connectivity index (χ0v) is 8.85. The van der Waals surface area contributed by atoms with Crippen LogP contribution < -0.4 is 0 Å². The zero-order valence-electron chi connectivity index (χ0n) is 8.09. The zero-order chi connectivity index (χ0) is 11.5. The third-order valence-electron chi connectivity index (χ3n) is 2.03. The summed E-state index contributed by atoms with van der Waals surface area (Å²) < 4.78 is 4.98. The van der Waals surface area contributed by atoms with E-state index in [1.165, 1.54) is 12.1 Å². The van der Waals surface area contributed by atoms with Crippen LogP contribution in [0.4, 0.5) is 5.88 Å². The Morgan fingerprint density at radius 2 is 2.44 bits per heavy atom. The molecule has 2 aromatic heterocycles. The van der Waals surface area contributed by atoms with Crippen LogP contribution in [0.2, 0.25) is 0 Å². The normalized spacial score (nSPS) is 12.6. The smallest absolute Gasteiger partial charge is 0.404 e. The predicted octanol–water partition coefficient (Wildman–Crippen LogP) is 2.43. The minimum absolute atomic E-state index is 0.305. The van der Waals surface area contributed by atoms with Crippen molar-refractivity contribution < 1.29 is 9.34 Å². The first-order chi connectivity index (χ1) is 7.66. The molecule has 0 bridgehead atoms. The number of alkyl halides is 1. The van der Waals surface area contributed by atoms with Crippen LogP contribution in [0.5, 0.6) is 0 Å². The third kappa shape index (κ3) is 2.22. The van der Waals surface area contributed by atoms with Gasteiger partial charge in [0.05, 0.1) is 11.4 Å². The number of rotatable bonds is 4. The van der Waals surface area contributed by atoms with Crippen LogP contribution in [0.15, 0.2) is 28.9 Å². The average molecular weight is 242 g/mol. The summed E-state index contributed by atoms with van der Waals surface area (Å²) in [5, 5.41) is 9.93. The van der Waals surface area contributed by atoms with Crippen molar-refractivity contribution in [2.24, 2.45) is 0 Å². The molecule has 2 rings (SSSR count). The van der Waals surface area contributed by atoms with Crippen molar-refractivity contribution in [3.8, 4) is 0 Å². The lowest BCUT2D eigenvalue weighted by Crippen LogP contribution is -1.96. The molecule has 0 saturated heterocycles. The number of halogens is 1. The lowest BCUT2D eigenvalue weighted by Gasteiger charge is -2.02. The Balaban J connectivity index is 2.08. The fourth-order valence-corrected chi connectivity index (χ4v) is 1.55. The Hall–Kier alpha value is -1.82. The molecular formula is C9H8ClN3O3. The molecule has 2 aromatic rings. The van der Waals surface area contributed by atoms with Crippen LogP contribution in [0.1, 0.15) is 17.0 Å². The molecule has 84 valence electrons. The topological polar surface area (TPSA) is 85.0 Å². The maximum absolute atomic E-state index is 10.4. The molecule has 0 aliphatic heterocycles. The molecule has 0 saturated carbocycles. The molecule has 0 fully saturated rings. The molecule has 16 heavy (non-hydrogen) atoms. The Kier molecular flexibility index (Phi) is 2.91. The summed E-state index contributed by atoms with van der Waals surface area (Å²) in [5.74, 6) is 0.768. The van der Waals surface area contributed by atoms with Crippen LogP contribution in [0, 0.1) is 10.1 Å². The van der Waals surface area contributed by atoms with E-state index in [2.05, 4.69) is 9.97 Å². The maximum atomic E-state index is 10.4. The molecule has 0 radical (unpaired) electrons. The molecule has 1 unspecified atom stereocenters. The largest absolute Gasteiger partial charge is 0.433 e. The minimum Gasteiger partial charge on any atom is -0.404 e. The van der Waals surface area contributed by atoms with Gasteiger partial charge in [-0.3, -0.25) is 10.1 Å². The fourth-order valence-electron chi connectivity index (χ4n) is 1.29. The maximum Gasteiger partial charge on any atom is 0.433 e. The van der Waals surface area contributed by atoms with Gasteiger partial charge >= 0.3 is 5.88 Å². The number of aromatic nitrogens is 2. The Labute approximate surface area is 95.4 Å². The summed E-state index contributed by atoms with van der Waals surface area (Å²) in [5.41, 5.74) is 0. The van der Waals surface area contributed by atoms with Gasteiger partial charge in [0.25, 0.3) is 0 Å². The molecule has 7 heteroatoms. The van der Waals surface area contributed by atoms with Crippen LogP contribution in [-0.4, -0.2) is 14.9 Å². The molecule has 0 aliphatic carbocycles. The lowest BCUT2D eigenvalue weighted by atomic mass is 10.2. The van der Waals surface area contributed by atoms with Crippen molar-refractivity contribution in [1.29, 1.82) is 0 Å². The van der Waals surface area contributed by atoms with E-state index in [0.717, 1.165) is 0 Å². The quantitative estimate of drug-likeness (QED) is 0.506. The number of furan rings is 1. The van der Waals surface area contributed by atoms with Crippen molar-refractivity contribution in [1.82, 2.24) is 9.97 Å². The van der Waals surface area contributed by atoms with Crippen molar-refractivity contribution in [3.63, 3.8) is 0 Å². The van der Waals surface area contributed by atoms with Crippen LogP contribution in [0.25, 0.3) is 0 Å². The predicted molar refractivity (Wildman–Crippen MR) is 56.2 cm³/mol. The van der Waals surface area contributed by atoms with Gasteiger partial charge in [-0.15, -0.1) is 11.6 Å². The van der Waals surface area contributed by atoms with Gasteiger partial charge in [-0.25, -0.2) is 4.98 Å². The number of nitro groups is 1. The Morgan fingerprint density at radius 1 is 1.62 bits per heavy atom. The third-order valence-corrected chi connectivity index (χ3v) is 2.40. The number of nitrogens with one attached hydrogen (secondary N) is 1. The molecule has 1 atom stereocenters. The molecule has 1 N–H and O–H groups in total. The molecule has 6 nitrogen and oxygen atoms in total. The molecular weight excluding hydrogens is 234 g/mol. The molecule has 0 spiro atoms. The van der Waals surface area contributed by atoms with Crippen LogP contribution in [-0.2, 0) is 6.42 Å². The van der Waals surface area contributed by atoms with E-state index in [9.17, 15) is 10.1 Å². The number of aromatic amines is 1. The summed E-state index contributed by atoms with van der Waals surface area (Å²) >= 11 is 6.04. The monoisotopic (exact) mass is 241 g/mol. The van der Waals surface area contributed by atoms with Crippen LogP contribution in [0.3, 0.4) is 0 Å². The average Bonchev–Trinajstić information content (AvgIpc) is 2.86. The summed E-state index contributed by atoms with van der Waals surface area (Å²) in [7, 11) is 0. The molecule has 0 aliphatic rings. The lowest BCUT2D eigenvalue weighted by molar-refractivity contribution is -0.402. The van der Waals surface area contributed by atoms with E-state index < -0.39 is 10.3 Å². The van der Waals surface area contributed by atoms with Crippen LogP contribution >= 0.6 is 11.6 Å². The highest BCUT2D eigenvalue weighted by Gasteiger charge is 2.18. The highest BCUT2D eigenvalue weighted by molar-refractivity contribution is 6.20. The molecule has 0 aromatic carbocycles. The first-order valence-electron chi connectivity index (χ1n) is 4.53. The van der Waals surface area contributed by atoms with Gasteiger partial charge < -0.3 is 9.40 Å². The summed E-state index contributed by atoms with van der Waals surface area (Å²) in [6.07, 6.45) is 3.73. The number of nitrogens with zero attached hydrogens (tertiary/aromatic N) is 2. The number of H-pyrrole nitrogens is 1. The SMILES string of the molecule is O=[N+]([O-])c1ccc(C(Cl)Cc2ncc[nH]2)o1. The van der Waals surface area contributed by atoms with Crippen molar-refractivity contribution in [3.05, 3.63) is 46.2 Å². The highest BCUT2D eigenvalue weighted by Crippen LogP contribution is 2.28. The second-order valence-electron chi connectivity index (χ2n) is 3.14. The van der Waals surface area contributed by atoms with E-state index >= 15 is 0 Å². The highest BCUT2D eigenvalue weighted by atomic mass is 35.5. The standard InChI is InChI=1S/C9H8ClN3O3/c10-6(5-8-11-3-4-12-8)7-1-2-9(16-7)13(14)15/h1-4,6H,5H2,(H,11,12). The van der Waals surface area contributed by atoms with Gasteiger partial charge in [0.1, 0.15) is 16.5 Å². The van der Waals surface area contributed by atoms with E-state index in [0.29, 0.717) is 18.0 Å². The minimum atomic E-state index is -0.597. The first-order valence-corrected chi connectivity index (χ1v) is 4.97. The van der Waals surface area contributed by atoms with E-state index in [1.54, 1.807) is 12.4 Å². The first kappa shape index (κ1) is 10.7. The summed E-state index contributed by atoms with van der Waals surface area (Å²) in [6.45, 7) is 0. The Bertz CT molecular complexity index is 480. The van der Waals surface area contributed by atoms with Crippen molar-refractivity contribution >= 4 is 17.5 Å². The van der Waals surface area contributed by atoms with E-state index in [1.807, 2.05) is 0 Å². The van der Waals surface area contributed by atoms with Crippen molar-refractivity contribution in [2.45, 2.75) is 11.8 Å². The van der Waals surface area contributed by atoms with Gasteiger partial charge in [-0.1, -0.05) is 0 Å². The number of imidazole rings is 1. The molecule has 2 heterocycles. The van der Waals surface area contributed by atoms with E-state index in [4.69, 9.17) is 16.0 Å². The molecule has 0 amide bonds. The summed E-state index contributed by atoms with van der Waals surface area (Å²) in [6, 6.07) is 2.78. The van der Waals surface area contributed by atoms with E-state index in [-0.39, 0.29) is 5.88 Å². The van der Waals surface area contributed by atoms with Gasteiger partial charge in [0.15, 0.2) is 0 Å². The second-order valence-corrected chi connectivity index (χ2v) is 3.67. The van der Waals surface area contributed by atoms with Gasteiger partial charge in [0.2, 0.25) is 0 Å². The van der Waals surface area contributed by atoms with Crippen molar-refractivity contribution in [2.75, 3.05) is 0 Å². The van der Waals surface area contributed by atoms with Gasteiger partial charge in [0, 0.05) is 18.8 Å². The number of hydrogen-bond donors (Lipinski definition) is 1. The summed E-state index contributed by atoms with van der Waals surface area (Å²) in [4.78, 5) is 16.7. The second kappa shape index (κ2) is 4.36. The van der Waals surface area contributed by atoms with Gasteiger partial charge in [-0.2, -0.15) is 0 Å².